The van der Waals surface area contributed by atoms with Gasteiger partial charge in [0.25, 0.3) is 5.91 Å². The molecule has 1 fully saturated rings. The number of anilines is 2. The Bertz CT molecular complexity index is 1560. The molecule has 1 aliphatic heterocycles. The van der Waals surface area contributed by atoms with Crippen molar-refractivity contribution in [3.63, 3.8) is 0 Å². The molecule has 1 aliphatic rings. The van der Waals surface area contributed by atoms with Gasteiger partial charge in [-0.25, -0.2) is 4.98 Å². The van der Waals surface area contributed by atoms with E-state index in [1.54, 1.807) is 12.1 Å². The molecule has 1 amide bonds. The fraction of sp³-hybridized carbons (Fsp3) is 0.355. The van der Waals surface area contributed by atoms with Crippen LogP contribution in [0.1, 0.15) is 45.1 Å². The maximum absolute atomic E-state index is 14.1. The van der Waals surface area contributed by atoms with Crippen LogP contribution in [0.5, 0.6) is 0 Å². The van der Waals surface area contributed by atoms with Gasteiger partial charge in [-0.05, 0) is 66.1 Å². The molecule has 2 aromatic carbocycles. The van der Waals surface area contributed by atoms with Crippen molar-refractivity contribution in [2.24, 2.45) is 0 Å². The van der Waals surface area contributed by atoms with Gasteiger partial charge >= 0.3 is 6.18 Å². The van der Waals surface area contributed by atoms with Crippen molar-refractivity contribution in [3.8, 4) is 0 Å². The number of fused-ring (bicyclic) bond motifs is 1. The van der Waals surface area contributed by atoms with E-state index in [9.17, 15) is 18.0 Å². The predicted octanol–water partition coefficient (Wildman–Crippen LogP) is 6.83. The van der Waals surface area contributed by atoms with Crippen LogP contribution in [0.2, 0.25) is 0 Å². The van der Waals surface area contributed by atoms with Crippen molar-refractivity contribution in [2.75, 3.05) is 43.4 Å². The third kappa shape index (κ3) is 6.90. The maximum Gasteiger partial charge on any atom is 0.416 e. The van der Waals surface area contributed by atoms with Gasteiger partial charge in [0.2, 0.25) is 0 Å². The number of hydrogen-bond donors (Lipinski definition) is 3. The molecule has 0 saturated carbocycles. The number of piperazine rings is 1. The average Bonchev–Trinajstić information content (AvgIpc) is 3.46. The molecule has 4 aromatic rings. The van der Waals surface area contributed by atoms with Gasteiger partial charge in [0, 0.05) is 78.4 Å². The normalized spacial score (nSPS) is 14.8. The van der Waals surface area contributed by atoms with Crippen LogP contribution in [0, 0.1) is 6.92 Å². The lowest BCUT2D eigenvalue weighted by molar-refractivity contribution is -0.138. The molecule has 0 aliphatic carbocycles. The zero-order chi connectivity index (χ0) is 29.9. The summed E-state index contributed by atoms with van der Waals surface area (Å²) in [5.41, 5.74) is 4.78. The third-order valence-corrected chi connectivity index (χ3v) is 8.63. The van der Waals surface area contributed by atoms with E-state index in [-0.39, 0.29) is 17.7 Å². The van der Waals surface area contributed by atoms with Gasteiger partial charge in [-0.1, -0.05) is 41.6 Å². The van der Waals surface area contributed by atoms with Gasteiger partial charge in [0.1, 0.15) is 5.65 Å². The van der Waals surface area contributed by atoms with E-state index >= 15 is 0 Å². The second-order valence-corrected chi connectivity index (χ2v) is 11.3. The first-order valence-electron chi connectivity index (χ1n) is 14.0. The number of aryl methyl sites for hydroxylation is 1. The summed E-state index contributed by atoms with van der Waals surface area (Å²) in [6.45, 7) is 8.82. The number of amides is 1. The smallest absolute Gasteiger partial charge is 0.381 e. The summed E-state index contributed by atoms with van der Waals surface area (Å²) in [6.07, 6.45) is -0.832. The van der Waals surface area contributed by atoms with Crippen molar-refractivity contribution in [1.29, 1.82) is 0 Å². The number of pyridine rings is 1. The number of likely N-dealkylation sites (N-methyl/N-ethyl adjacent to an activating group) is 1. The highest BCUT2D eigenvalue weighted by Crippen LogP contribution is 2.34. The number of halogens is 4. The zero-order valence-electron chi connectivity index (χ0n) is 23.6. The molecule has 0 unspecified atom stereocenters. The number of benzene rings is 2. The molecule has 2 aromatic heterocycles. The van der Waals surface area contributed by atoms with E-state index in [1.165, 1.54) is 17.7 Å². The molecule has 0 bridgehead atoms. The topological polar surface area (TPSA) is 76.3 Å². The fourth-order valence-electron chi connectivity index (χ4n) is 5.32. The molecule has 5 rings (SSSR count). The first-order chi connectivity index (χ1) is 20.2. The van der Waals surface area contributed by atoms with Gasteiger partial charge in [-0.15, -0.1) is 0 Å². The van der Waals surface area contributed by atoms with Gasteiger partial charge < -0.3 is 20.5 Å². The molecule has 0 spiro atoms. The van der Waals surface area contributed by atoms with Gasteiger partial charge in [0.05, 0.1) is 5.56 Å². The van der Waals surface area contributed by atoms with E-state index in [0.717, 1.165) is 58.0 Å². The van der Waals surface area contributed by atoms with Crippen LogP contribution in [-0.2, 0) is 23.7 Å². The summed E-state index contributed by atoms with van der Waals surface area (Å²) in [5, 5.41) is 7.30. The van der Waals surface area contributed by atoms with Crippen LogP contribution in [0.15, 0.2) is 54.9 Å². The number of aromatic nitrogens is 2. The van der Waals surface area contributed by atoms with Crippen molar-refractivity contribution >= 4 is 50.9 Å². The summed E-state index contributed by atoms with van der Waals surface area (Å²) < 4.78 is 43.0. The van der Waals surface area contributed by atoms with E-state index in [0.29, 0.717) is 25.3 Å². The number of carbonyl (C=O) groups is 1. The van der Waals surface area contributed by atoms with E-state index in [4.69, 9.17) is 0 Å². The Kier molecular flexibility index (Phi) is 9.38. The molecular weight excluding hydrogens is 656 g/mol. The van der Waals surface area contributed by atoms with Gasteiger partial charge in [-0.2, -0.15) is 13.2 Å². The quantitative estimate of drug-likeness (QED) is 0.133. The lowest BCUT2D eigenvalue weighted by Crippen LogP contribution is -2.45. The van der Waals surface area contributed by atoms with Crippen molar-refractivity contribution in [2.45, 2.75) is 37.5 Å². The Labute approximate surface area is 257 Å². The number of aromatic amines is 1. The van der Waals surface area contributed by atoms with Gasteiger partial charge in [-0.3, -0.25) is 9.69 Å². The molecule has 3 heterocycles. The summed E-state index contributed by atoms with van der Waals surface area (Å²) in [6, 6.07) is 11.3. The van der Waals surface area contributed by atoms with Crippen LogP contribution in [0.3, 0.4) is 0 Å². The van der Waals surface area contributed by atoms with E-state index in [1.807, 2.05) is 36.4 Å². The summed E-state index contributed by atoms with van der Waals surface area (Å²) in [4.78, 5) is 25.1. The first-order valence-corrected chi connectivity index (χ1v) is 15.5. The Morgan fingerprint density at radius 1 is 1.05 bits per heavy atom. The lowest BCUT2D eigenvalue weighted by Gasteiger charge is -2.34. The Hall–Kier alpha value is -3.16. The molecule has 42 heavy (non-hydrogen) atoms. The number of carbonyl (C=O) groups excluding carboxylic acids is 1. The van der Waals surface area contributed by atoms with Crippen LogP contribution in [0.25, 0.3) is 11.0 Å². The molecule has 222 valence electrons. The highest BCUT2D eigenvalue weighted by Gasteiger charge is 2.34. The minimum atomic E-state index is -4.56. The second-order valence-electron chi connectivity index (χ2n) is 10.6. The minimum absolute atomic E-state index is 0.0328. The van der Waals surface area contributed by atoms with Crippen LogP contribution < -0.4 is 10.6 Å². The summed E-state index contributed by atoms with van der Waals surface area (Å²) >= 11 is 2.34. The second kappa shape index (κ2) is 13.0. The molecule has 0 radical (unpaired) electrons. The minimum Gasteiger partial charge on any atom is -0.381 e. The van der Waals surface area contributed by atoms with E-state index in [2.05, 4.69) is 55.0 Å². The summed E-state index contributed by atoms with van der Waals surface area (Å²) in [5.74, 6) is -0.590. The average molecular weight is 691 g/mol. The fourth-order valence-corrected chi connectivity index (χ4v) is 6.22. The molecule has 7 nitrogen and oxygen atoms in total. The number of H-pyrrole nitrogens is 1. The van der Waals surface area contributed by atoms with Crippen molar-refractivity contribution in [1.82, 2.24) is 19.8 Å². The number of alkyl halides is 4. The summed E-state index contributed by atoms with van der Waals surface area (Å²) in [7, 11) is 0. The highest BCUT2D eigenvalue weighted by atomic mass is 127. The molecule has 11 heteroatoms. The molecule has 1 saturated heterocycles. The number of hydrogen-bond acceptors (Lipinski definition) is 5. The van der Waals surface area contributed by atoms with Crippen LogP contribution in [-0.4, -0.2) is 58.4 Å². The Balaban J connectivity index is 1.29. The predicted molar refractivity (Wildman–Crippen MR) is 169 cm³/mol. The Morgan fingerprint density at radius 2 is 1.81 bits per heavy atom. The lowest BCUT2D eigenvalue weighted by atomic mass is 10.0. The standard InChI is InChI=1S/C31H34F3IN6O/c1-3-40-10-12-41(13-11-40)19-22-6-5-21(14-27(22)31(32,33)34)30(42)39-24-7-4-20(2)28(15-24)37-17-23-18-38-29-25(8-9-36-29)26(23)16-35/h4-9,14-15,18,37H,3,10-13,16-17,19H2,1-2H3,(H,36,38)(H,39,42). The molecular formula is C31H34F3IN6O. The highest BCUT2D eigenvalue weighted by molar-refractivity contribution is 14.1. The number of nitrogens with one attached hydrogen (secondary N) is 3. The molecule has 3 N–H and O–H groups in total. The third-order valence-electron chi connectivity index (χ3n) is 7.87. The zero-order valence-corrected chi connectivity index (χ0v) is 25.8. The van der Waals surface area contributed by atoms with Crippen molar-refractivity contribution in [3.05, 3.63) is 88.2 Å². The monoisotopic (exact) mass is 690 g/mol. The van der Waals surface area contributed by atoms with Crippen molar-refractivity contribution < 1.29 is 18.0 Å². The first kappa shape index (κ1) is 30.3. The SMILES string of the molecule is CCN1CCN(Cc2ccc(C(=O)Nc3ccc(C)c(NCc4cnc5[nH]ccc5c4CI)c3)cc2C(F)(F)F)CC1. The van der Waals surface area contributed by atoms with Gasteiger partial charge in [0.15, 0.2) is 0 Å². The molecule has 0 atom stereocenters. The van der Waals surface area contributed by atoms with Crippen LogP contribution in [0.4, 0.5) is 24.5 Å². The Morgan fingerprint density at radius 3 is 2.52 bits per heavy atom. The van der Waals surface area contributed by atoms with E-state index < -0.39 is 17.6 Å². The van der Waals surface area contributed by atoms with Crippen LogP contribution >= 0.6 is 22.6 Å². The largest absolute Gasteiger partial charge is 0.416 e. The maximum atomic E-state index is 14.1. The number of nitrogens with zero attached hydrogens (tertiary/aromatic N) is 3. The number of rotatable bonds is 9.